The van der Waals surface area contributed by atoms with Crippen molar-refractivity contribution in [2.24, 2.45) is 4.99 Å². The van der Waals surface area contributed by atoms with Gasteiger partial charge < -0.3 is 4.74 Å². The molecule has 2 atom stereocenters. The summed E-state index contributed by atoms with van der Waals surface area (Å²) in [6, 6.07) is 5.62. The molecule has 1 aromatic rings. The van der Waals surface area contributed by atoms with E-state index < -0.39 is 22.9 Å². The van der Waals surface area contributed by atoms with Crippen molar-refractivity contribution in [3.63, 3.8) is 0 Å². The fourth-order valence-corrected chi connectivity index (χ4v) is 2.98. The van der Waals surface area contributed by atoms with Gasteiger partial charge in [0.1, 0.15) is 0 Å². The molecule has 116 valence electrons. The van der Waals surface area contributed by atoms with Gasteiger partial charge in [0.05, 0.1) is 24.3 Å². The Bertz CT molecular complexity index is 697. The molecule has 0 amide bonds. The van der Waals surface area contributed by atoms with Crippen LogP contribution in [0, 0.1) is 10.1 Å². The minimum Gasteiger partial charge on any atom is -0.466 e. The van der Waals surface area contributed by atoms with Crippen LogP contribution in [0.3, 0.4) is 0 Å². The molecule has 1 aliphatic heterocycles. The molecule has 0 spiro atoms. The molecule has 0 aromatic heterocycles. The summed E-state index contributed by atoms with van der Waals surface area (Å²) in [7, 11) is 1.23. The topological polar surface area (TPSA) is 81.8 Å². The van der Waals surface area contributed by atoms with Gasteiger partial charge in [0, 0.05) is 15.6 Å². The molecule has 0 saturated heterocycles. The number of esters is 1. The van der Waals surface area contributed by atoms with E-state index in [1.54, 1.807) is 38.1 Å². The number of rotatable bonds is 3. The van der Waals surface area contributed by atoms with E-state index in [0.29, 0.717) is 22.0 Å². The molecular formula is C15H15ClN2O4. The first kappa shape index (κ1) is 16.2. The quantitative estimate of drug-likeness (QED) is 0.486. The smallest absolute Gasteiger partial charge is 0.336 e. The van der Waals surface area contributed by atoms with Crippen LogP contribution in [0.5, 0.6) is 0 Å². The number of hydrogen-bond acceptors (Lipinski definition) is 5. The highest BCUT2D eigenvalue weighted by Gasteiger charge is 2.45. The van der Waals surface area contributed by atoms with Crippen LogP contribution in [0.1, 0.15) is 25.3 Å². The van der Waals surface area contributed by atoms with Crippen LogP contribution in [0.2, 0.25) is 5.02 Å². The summed E-state index contributed by atoms with van der Waals surface area (Å²) in [5.41, 5.74) is 1.43. The lowest BCUT2D eigenvalue weighted by molar-refractivity contribution is -0.505. The van der Waals surface area contributed by atoms with Crippen molar-refractivity contribution in [3.8, 4) is 0 Å². The second kappa shape index (κ2) is 6.27. The van der Waals surface area contributed by atoms with Crippen LogP contribution in [0.25, 0.3) is 0 Å². The highest BCUT2D eigenvalue weighted by atomic mass is 35.5. The molecule has 1 aliphatic rings. The molecule has 0 bridgehead atoms. The number of aliphatic imine (C=N–C) groups is 1. The molecule has 0 aliphatic carbocycles. The summed E-state index contributed by atoms with van der Waals surface area (Å²) in [6.45, 7) is 3.21. The molecule has 0 saturated carbocycles. The molecule has 1 heterocycles. The van der Waals surface area contributed by atoms with E-state index in [2.05, 4.69) is 4.99 Å². The Morgan fingerprint density at radius 2 is 2.00 bits per heavy atom. The number of hydrogen-bond donors (Lipinski definition) is 0. The van der Waals surface area contributed by atoms with Gasteiger partial charge in [0.15, 0.2) is 0 Å². The minimum atomic E-state index is -1.15. The molecule has 6 nitrogen and oxygen atoms in total. The van der Waals surface area contributed by atoms with Crippen molar-refractivity contribution in [3.05, 3.63) is 56.2 Å². The van der Waals surface area contributed by atoms with Crippen LogP contribution in [-0.2, 0) is 9.53 Å². The first-order valence-electron chi connectivity index (χ1n) is 6.60. The van der Waals surface area contributed by atoms with Crippen molar-refractivity contribution in [1.82, 2.24) is 0 Å². The largest absolute Gasteiger partial charge is 0.466 e. The molecule has 0 fully saturated rings. The maximum absolute atomic E-state index is 12.1. The normalized spacial score (nSPS) is 21.4. The van der Waals surface area contributed by atoms with Gasteiger partial charge in [-0.05, 0) is 25.5 Å². The van der Waals surface area contributed by atoms with E-state index in [1.807, 2.05) is 0 Å². The zero-order valence-electron chi connectivity index (χ0n) is 12.4. The Morgan fingerprint density at radius 1 is 1.36 bits per heavy atom. The van der Waals surface area contributed by atoms with Crippen LogP contribution in [0.4, 0.5) is 0 Å². The maximum atomic E-state index is 12.1. The summed E-state index contributed by atoms with van der Waals surface area (Å²) in [5, 5.41) is 11.9. The first-order chi connectivity index (χ1) is 10.4. The minimum absolute atomic E-state index is 0.169. The van der Waals surface area contributed by atoms with Gasteiger partial charge in [-0.15, -0.1) is 0 Å². The van der Waals surface area contributed by atoms with Gasteiger partial charge in [-0.25, -0.2) is 4.79 Å². The fourth-order valence-electron chi connectivity index (χ4n) is 2.73. The number of benzene rings is 1. The average Bonchev–Trinajstić information content (AvgIpc) is 2.45. The van der Waals surface area contributed by atoms with Crippen molar-refractivity contribution < 1.29 is 14.5 Å². The third kappa shape index (κ3) is 2.74. The first-order valence-corrected chi connectivity index (χ1v) is 6.98. The molecule has 2 rings (SSSR count). The van der Waals surface area contributed by atoms with E-state index in [1.165, 1.54) is 7.11 Å². The molecule has 0 N–H and O–H groups in total. The lowest BCUT2D eigenvalue weighted by Crippen LogP contribution is -2.40. The van der Waals surface area contributed by atoms with Crippen molar-refractivity contribution >= 4 is 23.3 Å². The van der Waals surface area contributed by atoms with E-state index >= 15 is 0 Å². The van der Waals surface area contributed by atoms with Crippen LogP contribution >= 0.6 is 11.6 Å². The summed E-state index contributed by atoms with van der Waals surface area (Å²) in [5.74, 6) is -1.46. The molecule has 2 unspecified atom stereocenters. The summed E-state index contributed by atoms with van der Waals surface area (Å²) < 4.78 is 4.78. The number of ether oxygens (including phenoxy) is 1. The lowest BCUT2D eigenvalue weighted by atomic mass is 9.80. The third-order valence-corrected chi connectivity index (χ3v) is 4.01. The van der Waals surface area contributed by atoms with Gasteiger partial charge in [-0.3, -0.25) is 15.1 Å². The molecule has 22 heavy (non-hydrogen) atoms. The van der Waals surface area contributed by atoms with Crippen LogP contribution in [-0.4, -0.2) is 29.8 Å². The maximum Gasteiger partial charge on any atom is 0.336 e. The number of methoxy groups -OCH3 is 1. The third-order valence-electron chi connectivity index (χ3n) is 3.66. The zero-order valence-corrected chi connectivity index (χ0v) is 13.1. The Balaban J connectivity index is 2.71. The number of halogens is 1. The number of nitro groups is 1. The predicted molar refractivity (Wildman–Crippen MR) is 82.8 cm³/mol. The molecule has 0 radical (unpaired) electrons. The molecular weight excluding hydrogens is 308 g/mol. The molecule has 7 heteroatoms. The monoisotopic (exact) mass is 322 g/mol. The van der Waals surface area contributed by atoms with E-state index in [4.69, 9.17) is 16.3 Å². The summed E-state index contributed by atoms with van der Waals surface area (Å²) >= 11 is 6.20. The standard InChI is InChI=1S/C15H15ClN2O4/c1-8-12(15(19)22-3)13(10-6-4-5-7-11(10)16)14(18(20)21)9(2)17-8/h4-7,13-14H,1-3H3. The highest BCUT2D eigenvalue weighted by molar-refractivity contribution is 6.31. The van der Waals surface area contributed by atoms with E-state index in [0.717, 1.165) is 0 Å². The predicted octanol–water partition coefficient (Wildman–Crippen LogP) is 2.99. The van der Waals surface area contributed by atoms with Gasteiger partial charge in [0.25, 0.3) is 6.04 Å². The van der Waals surface area contributed by atoms with Crippen LogP contribution < -0.4 is 0 Å². The van der Waals surface area contributed by atoms with Gasteiger partial charge in [-0.1, -0.05) is 29.8 Å². The van der Waals surface area contributed by atoms with Gasteiger partial charge in [-0.2, -0.15) is 0 Å². The second-order valence-electron chi connectivity index (χ2n) is 4.97. The zero-order chi connectivity index (χ0) is 16.4. The fraction of sp³-hybridized carbons (Fsp3) is 0.333. The number of carbonyl (C=O) groups is 1. The lowest BCUT2D eigenvalue weighted by Gasteiger charge is -2.27. The second-order valence-corrected chi connectivity index (χ2v) is 5.38. The van der Waals surface area contributed by atoms with Crippen molar-refractivity contribution in [1.29, 1.82) is 0 Å². The average molecular weight is 323 g/mol. The Hall–Kier alpha value is -2.21. The van der Waals surface area contributed by atoms with Crippen molar-refractivity contribution in [2.45, 2.75) is 25.8 Å². The Morgan fingerprint density at radius 3 is 2.55 bits per heavy atom. The van der Waals surface area contributed by atoms with E-state index in [9.17, 15) is 14.9 Å². The van der Waals surface area contributed by atoms with Crippen LogP contribution in [0.15, 0.2) is 40.5 Å². The Kier molecular flexibility index (Phi) is 4.61. The Labute approximate surface area is 132 Å². The summed E-state index contributed by atoms with van der Waals surface area (Å²) in [4.78, 5) is 27.4. The van der Waals surface area contributed by atoms with Gasteiger partial charge >= 0.3 is 5.97 Å². The van der Waals surface area contributed by atoms with Gasteiger partial charge in [0.2, 0.25) is 0 Å². The summed E-state index contributed by atoms with van der Waals surface area (Å²) in [6.07, 6.45) is 0. The molecule has 1 aromatic carbocycles. The van der Waals surface area contributed by atoms with E-state index in [-0.39, 0.29) is 5.57 Å². The number of allylic oxidation sites excluding steroid dienone is 1. The number of carbonyl (C=O) groups excluding carboxylic acids is 1. The number of nitrogens with zero attached hydrogens (tertiary/aromatic N) is 2. The SMILES string of the molecule is COC(=O)C1=C(C)N=C(C)C([N+](=O)[O-])C1c1ccccc1Cl. The highest BCUT2D eigenvalue weighted by Crippen LogP contribution is 2.39. The van der Waals surface area contributed by atoms with Crippen molar-refractivity contribution in [2.75, 3.05) is 7.11 Å².